The average Bonchev–Trinajstić information content (AvgIpc) is 2.32. The lowest BCUT2D eigenvalue weighted by atomic mass is 10.3. The minimum Gasteiger partial charge on any atom is -0.318 e. The highest BCUT2D eigenvalue weighted by Gasteiger charge is 2.27. The molecule has 0 fully saturated rings. The van der Waals surface area contributed by atoms with Crippen molar-refractivity contribution in [3.05, 3.63) is 29.6 Å². The molecule has 8 heteroatoms. The Morgan fingerprint density at radius 3 is 2.39 bits per heavy atom. The molecule has 0 aliphatic carbocycles. The van der Waals surface area contributed by atoms with Crippen LogP contribution in [0, 0.1) is 17.5 Å². The van der Waals surface area contributed by atoms with Crippen molar-refractivity contribution in [2.24, 2.45) is 0 Å². The summed E-state index contributed by atoms with van der Waals surface area (Å²) in [5.74, 6) is -4.92. The Bertz CT molecular complexity index is 534. The first kappa shape index (κ1) is 14.9. The van der Waals surface area contributed by atoms with Gasteiger partial charge in [0.05, 0.1) is 0 Å². The Hall–Kier alpha value is -1.12. The molecule has 1 aromatic carbocycles. The third-order valence-corrected chi connectivity index (χ3v) is 4.24. The van der Waals surface area contributed by atoms with Gasteiger partial charge in [-0.25, -0.2) is 21.6 Å². The molecular weight excluding hydrogens is 269 g/mol. The van der Waals surface area contributed by atoms with E-state index in [2.05, 4.69) is 5.32 Å². The van der Waals surface area contributed by atoms with E-state index in [-0.39, 0.29) is 6.54 Å². The van der Waals surface area contributed by atoms with Crippen LogP contribution in [0.5, 0.6) is 0 Å². The highest BCUT2D eigenvalue weighted by Crippen LogP contribution is 2.22. The first-order valence-corrected chi connectivity index (χ1v) is 6.50. The molecule has 0 atom stereocenters. The van der Waals surface area contributed by atoms with E-state index in [4.69, 9.17) is 0 Å². The lowest BCUT2D eigenvalue weighted by Gasteiger charge is -2.17. The average molecular weight is 282 g/mol. The number of rotatable bonds is 5. The van der Waals surface area contributed by atoms with E-state index in [0.29, 0.717) is 18.7 Å². The topological polar surface area (TPSA) is 49.4 Å². The van der Waals surface area contributed by atoms with Crippen molar-refractivity contribution in [2.75, 3.05) is 27.2 Å². The Kier molecular flexibility index (Phi) is 4.71. The van der Waals surface area contributed by atoms with Gasteiger partial charge in [0, 0.05) is 20.1 Å². The molecule has 18 heavy (non-hydrogen) atoms. The van der Waals surface area contributed by atoms with Crippen LogP contribution in [-0.4, -0.2) is 39.9 Å². The van der Waals surface area contributed by atoms with Gasteiger partial charge in [0.15, 0.2) is 17.5 Å². The summed E-state index contributed by atoms with van der Waals surface area (Å²) >= 11 is 0. The molecule has 0 unspecified atom stereocenters. The molecule has 4 nitrogen and oxygen atoms in total. The quantitative estimate of drug-likeness (QED) is 0.818. The lowest BCUT2D eigenvalue weighted by molar-refractivity contribution is 0.422. The SMILES string of the molecule is CNCCN(C)S(=O)(=O)c1ccc(F)c(F)c1F. The first-order chi connectivity index (χ1) is 8.32. The van der Waals surface area contributed by atoms with Crippen molar-refractivity contribution >= 4 is 10.0 Å². The first-order valence-electron chi connectivity index (χ1n) is 5.06. The molecule has 0 saturated carbocycles. The number of hydrogen-bond acceptors (Lipinski definition) is 3. The van der Waals surface area contributed by atoms with Crippen molar-refractivity contribution in [2.45, 2.75) is 4.90 Å². The molecule has 1 N–H and O–H groups in total. The van der Waals surface area contributed by atoms with E-state index < -0.39 is 32.4 Å². The minimum atomic E-state index is -4.17. The van der Waals surface area contributed by atoms with Crippen LogP contribution in [-0.2, 0) is 10.0 Å². The number of sulfonamides is 1. The molecule has 0 radical (unpaired) electrons. The van der Waals surface area contributed by atoms with Crippen molar-refractivity contribution in [1.82, 2.24) is 9.62 Å². The molecule has 0 aromatic heterocycles. The number of halogens is 3. The van der Waals surface area contributed by atoms with Gasteiger partial charge in [0.2, 0.25) is 10.0 Å². The minimum absolute atomic E-state index is 0.0806. The van der Waals surface area contributed by atoms with E-state index in [0.717, 1.165) is 4.31 Å². The molecule has 102 valence electrons. The molecule has 1 aromatic rings. The predicted octanol–water partition coefficient (Wildman–Crippen LogP) is 0.944. The smallest absolute Gasteiger partial charge is 0.245 e. The molecule has 0 heterocycles. The molecule has 0 aliphatic heterocycles. The van der Waals surface area contributed by atoms with Gasteiger partial charge in [0.25, 0.3) is 0 Å². The third kappa shape index (κ3) is 2.82. The zero-order chi connectivity index (χ0) is 13.9. The Morgan fingerprint density at radius 1 is 1.22 bits per heavy atom. The van der Waals surface area contributed by atoms with Gasteiger partial charge in [-0.1, -0.05) is 0 Å². The molecule has 1 rings (SSSR count). The fourth-order valence-corrected chi connectivity index (χ4v) is 2.49. The van der Waals surface area contributed by atoms with Crippen molar-refractivity contribution < 1.29 is 21.6 Å². The fourth-order valence-electron chi connectivity index (χ4n) is 1.26. The number of hydrogen-bond donors (Lipinski definition) is 1. The van der Waals surface area contributed by atoms with Gasteiger partial charge in [0.1, 0.15) is 4.90 Å². The molecule has 0 amide bonds. The predicted molar refractivity (Wildman–Crippen MR) is 60.1 cm³/mol. The van der Waals surface area contributed by atoms with Crippen LogP contribution in [0.1, 0.15) is 0 Å². The third-order valence-electron chi connectivity index (χ3n) is 2.36. The fraction of sp³-hybridized carbons (Fsp3) is 0.400. The number of benzene rings is 1. The van der Waals surface area contributed by atoms with Crippen molar-refractivity contribution in [3.8, 4) is 0 Å². The molecule has 0 bridgehead atoms. The van der Waals surface area contributed by atoms with Crippen LogP contribution in [0.3, 0.4) is 0 Å². The maximum atomic E-state index is 13.4. The molecule has 0 aliphatic rings. The summed E-state index contributed by atoms with van der Waals surface area (Å²) in [7, 11) is -1.32. The monoisotopic (exact) mass is 282 g/mol. The largest absolute Gasteiger partial charge is 0.318 e. The number of nitrogens with one attached hydrogen (secondary N) is 1. The van der Waals surface area contributed by atoms with Crippen LogP contribution in [0.15, 0.2) is 17.0 Å². The van der Waals surface area contributed by atoms with Gasteiger partial charge >= 0.3 is 0 Å². The highest BCUT2D eigenvalue weighted by atomic mass is 32.2. The van der Waals surface area contributed by atoms with E-state index in [1.165, 1.54) is 7.05 Å². The van der Waals surface area contributed by atoms with E-state index in [9.17, 15) is 21.6 Å². The van der Waals surface area contributed by atoms with Gasteiger partial charge in [-0.2, -0.15) is 4.31 Å². The number of likely N-dealkylation sites (N-methyl/N-ethyl adjacent to an activating group) is 2. The summed E-state index contributed by atoms with van der Waals surface area (Å²) < 4.78 is 63.8. The highest BCUT2D eigenvalue weighted by molar-refractivity contribution is 7.89. The van der Waals surface area contributed by atoms with Crippen LogP contribution in [0.2, 0.25) is 0 Å². The zero-order valence-corrected chi connectivity index (χ0v) is 10.7. The molecule has 0 spiro atoms. The van der Waals surface area contributed by atoms with Gasteiger partial charge < -0.3 is 5.32 Å². The number of nitrogens with zero attached hydrogens (tertiary/aromatic N) is 1. The Balaban J connectivity index is 3.17. The summed E-state index contributed by atoms with van der Waals surface area (Å²) in [6.45, 7) is 0.429. The van der Waals surface area contributed by atoms with E-state index in [1.54, 1.807) is 7.05 Å². The second-order valence-corrected chi connectivity index (χ2v) is 5.62. The maximum Gasteiger partial charge on any atom is 0.245 e. The van der Waals surface area contributed by atoms with Gasteiger partial charge in [-0.15, -0.1) is 0 Å². The van der Waals surface area contributed by atoms with Gasteiger partial charge in [-0.05, 0) is 19.2 Å². The summed E-state index contributed by atoms with van der Waals surface area (Å²) in [5, 5.41) is 2.72. The molecule has 0 saturated heterocycles. The van der Waals surface area contributed by atoms with Crippen LogP contribution >= 0.6 is 0 Å². The Morgan fingerprint density at radius 2 is 1.83 bits per heavy atom. The summed E-state index contributed by atoms with van der Waals surface area (Å²) in [6, 6.07) is 1.29. The summed E-state index contributed by atoms with van der Waals surface area (Å²) in [5.41, 5.74) is 0. The van der Waals surface area contributed by atoms with Crippen LogP contribution in [0.25, 0.3) is 0 Å². The lowest BCUT2D eigenvalue weighted by Crippen LogP contribution is -2.33. The summed E-state index contributed by atoms with van der Waals surface area (Å²) in [4.78, 5) is -0.875. The molecular formula is C10H13F3N2O2S. The summed E-state index contributed by atoms with van der Waals surface area (Å²) in [6.07, 6.45) is 0. The van der Waals surface area contributed by atoms with E-state index in [1.807, 2.05) is 0 Å². The Labute approximate surface area is 103 Å². The van der Waals surface area contributed by atoms with Crippen LogP contribution in [0.4, 0.5) is 13.2 Å². The van der Waals surface area contributed by atoms with E-state index >= 15 is 0 Å². The second-order valence-electron chi connectivity index (χ2n) is 3.60. The standard InChI is InChI=1S/C10H13F3N2O2S/c1-14-5-6-15(2)18(16,17)8-4-3-7(11)9(12)10(8)13/h3-4,14H,5-6H2,1-2H3. The van der Waals surface area contributed by atoms with Crippen LogP contribution < -0.4 is 5.32 Å². The maximum absolute atomic E-state index is 13.4. The zero-order valence-electron chi connectivity index (χ0n) is 9.87. The van der Waals surface area contributed by atoms with Crippen molar-refractivity contribution in [3.63, 3.8) is 0 Å². The second kappa shape index (κ2) is 5.68. The van der Waals surface area contributed by atoms with Gasteiger partial charge in [-0.3, -0.25) is 0 Å². The van der Waals surface area contributed by atoms with Crippen molar-refractivity contribution in [1.29, 1.82) is 0 Å². The normalized spacial score (nSPS) is 12.1.